The third-order valence-corrected chi connectivity index (χ3v) is 5.22. The highest BCUT2D eigenvalue weighted by Gasteiger charge is 2.34. The highest BCUT2D eigenvalue weighted by Crippen LogP contribution is 2.20. The topological polar surface area (TPSA) is 91.0 Å². The molecule has 0 spiro atoms. The normalized spacial score (nSPS) is 17.8. The molecule has 2 fully saturated rings. The molecular formula is C22H21ClN4O4. The third-order valence-electron chi connectivity index (χ3n) is 4.97. The van der Waals surface area contributed by atoms with Crippen LogP contribution in [0.2, 0.25) is 5.02 Å². The lowest BCUT2D eigenvalue weighted by molar-refractivity contribution is -0.127. The quantitative estimate of drug-likeness (QED) is 0.551. The number of hydrogen-bond acceptors (Lipinski definition) is 5. The molecule has 2 saturated heterocycles. The van der Waals surface area contributed by atoms with Crippen LogP contribution >= 0.6 is 11.6 Å². The molecule has 2 N–H and O–H groups in total. The van der Waals surface area contributed by atoms with Gasteiger partial charge in [0.15, 0.2) is 0 Å². The average molecular weight is 441 g/mol. The molecule has 2 aromatic carbocycles. The molecule has 0 saturated carbocycles. The van der Waals surface area contributed by atoms with Gasteiger partial charge < -0.3 is 20.3 Å². The highest BCUT2D eigenvalue weighted by atomic mass is 35.5. The lowest BCUT2D eigenvalue weighted by atomic mass is 10.1. The van der Waals surface area contributed by atoms with E-state index in [-0.39, 0.29) is 12.2 Å². The van der Waals surface area contributed by atoms with Gasteiger partial charge in [0.25, 0.3) is 5.91 Å². The zero-order valence-electron chi connectivity index (χ0n) is 16.6. The number of nitrogens with one attached hydrogen (secondary N) is 2. The second kappa shape index (κ2) is 9.20. The van der Waals surface area contributed by atoms with Crippen LogP contribution in [0.4, 0.5) is 16.2 Å². The predicted octanol–water partition coefficient (Wildman–Crippen LogP) is 2.71. The van der Waals surface area contributed by atoms with Crippen LogP contribution in [0.3, 0.4) is 0 Å². The van der Waals surface area contributed by atoms with Crippen molar-refractivity contribution in [3.05, 3.63) is 64.8 Å². The van der Waals surface area contributed by atoms with E-state index in [1.165, 1.54) is 0 Å². The van der Waals surface area contributed by atoms with Crippen molar-refractivity contribution in [3.8, 4) is 0 Å². The van der Waals surface area contributed by atoms with Crippen LogP contribution in [-0.2, 0) is 14.3 Å². The average Bonchev–Trinajstić information content (AvgIpc) is 3.04. The Bertz CT molecular complexity index is 1010. The Morgan fingerprint density at radius 2 is 1.74 bits per heavy atom. The Hall–Kier alpha value is -3.36. The van der Waals surface area contributed by atoms with Crippen molar-refractivity contribution in [1.29, 1.82) is 0 Å². The Kier molecular flexibility index (Phi) is 6.20. The van der Waals surface area contributed by atoms with Crippen LogP contribution in [0.5, 0.6) is 0 Å². The fourth-order valence-electron chi connectivity index (χ4n) is 3.36. The van der Waals surface area contributed by atoms with E-state index in [0.29, 0.717) is 23.9 Å². The van der Waals surface area contributed by atoms with Gasteiger partial charge in [0.05, 0.1) is 13.2 Å². The molecule has 9 heteroatoms. The van der Waals surface area contributed by atoms with E-state index < -0.39 is 17.8 Å². The van der Waals surface area contributed by atoms with E-state index in [1.807, 2.05) is 24.3 Å². The van der Waals surface area contributed by atoms with Gasteiger partial charge in [0.2, 0.25) is 5.91 Å². The van der Waals surface area contributed by atoms with Crippen LogP contribution in [0.15, 0.2) is 54.2 Å². The fraction of sp³-hybridized carbons (Fsp3) is 0.227. The molecule has 0 unspecified atom stereocenters. The Balaban J connectivity index is 1.39. The van der Waals surface area contributed by atoms with E-state index in [0.717, 1.165) is 29.2 Å². The molecule has 8 nitrogen and oxygen atoms in total. The molecule has 0 aliphatic carbocycles. The number of morpholine rings is 1. The summed E-state index contributed by atoms with van der Waals surface area (Å²) in [7, 11) is 0. The van der Waals surface area contributed by atoms with Crippen LogP contribution < -0.4 is 15.5 Å². The summed E-state index contributed by atoms with van der Waals surface area (Å²) in [5.41, 5.74) is 2.50. The lowest BCUT2D eigenvalue weighted by Gasteiger charge is -2.28. The first-order valence-electron chi connectivity index (χ1n) is 9.82. The molecule has 2 aliphatic rings. The number of halogens is 1. The first-order valence-corrected chi connectivity index (χ1v) is 10.2. The molecule has 2 heterocycles. The summed E-state index contributed by atoms with van der Waals surface area (Å²) in [6.07, 6.45) is 1.60. The molecule has 2 aliphatic heterocycles. The second-order valence-electron chi connectivity index (χ2n) is 7.13. The standard InChI is InChI=1S/C22H21ClN4O4/c23-16-3-5-17(6-4-16)24-20(28)14-27-21(29)19(25-22(27)30)13-15-1-7-18(8-2-15)26-9-11-31-12-10-26/h1-8,13H,9-12,14H2,(H,24,28)(H,25,30)/b19-13+. The maximum atomic E-state index is 12.6. The third kappa shape index (κ3) is 5.04. The monoisotopic (exact) mass is 440 g/mol. The Morgan fingerprint density at radius 3 is 2.42 bits per heavy atom. The number of carbonyl (C=O) groups excluding carboxylic acids is 3. The zero-order valence-corrected chi connectivity index (χ0v) is 17.4. The van der Waals surface area contributed by atoms with E-state index in [1.54, 1.807) is 30.3 Å². The summed E-state index contributed by atoms with van der Waals surface area (Å²) in [6.45, 7) is 2.69. The molecule has 160 valence electrons. The molecule has 0 atom stereocenters. The van der Waals surface area contributed by atoms with Gasteiger partial charge in [0, 0.05) is 29.5 Å². The van der Waals surface area contributed by atoms with Gasteiger partial charge >= 0.3 is 6.03 Å². The van der Waals surface area contributed by atoms with Crippen molar-refractivity contribution in [2.24, 2.45) is 0 Å². The van der Waals surface area contributed by atoms with E-state index in [2.05, 4.69) is 15.5 Å². The number of benzene rings is 2. The Labute approximate surface area is 184 Å². The minimum atomic E-state index is -0.632. The SMILES string of the molecule is O=C(CN1C(=O)N/C(=C/c2ccc(N3CCOCC3)cc2)C1=O)Nc1ccc(Cl)cc1. The largest absolute Gasteiger partial charge is 0.378 e. The number of amides is 4. The number of nitrogens with zero attached hydrogens (tertiary/aromatic N) is 2. The number of imide groups is 1. The smallest absolute Gasteiger partial charge is 0.329 e. The number of carbonyl (C=O) groups is 3. The first-order chi connectivity index (χ1) is 15.0. The Morgan fingerprint density at radius 1 is 1.06 bits per heavy atom. The molecule has 4 amide bonds. The van der Waals surface area contributed by atoms with Gasteiger partial charge in [-0.25, -0.2) is 9.69 Å². The fourth-order valence-corrected chi connectivity index (χ4v) is 3.49. The maximum absolute atomic E-state index is 12.6. The summed E-state index contributed by atoms with van der Waals surface area (Å²) < 4.78 is 5.36. The van der Waals surface area contributed by atoms with Gasteiger partial charge in [0.1, 0.15) is 12.2 Å². The molecule has 0 aromatic heterocycles. The van der Waals surface area contributed by atoms with Crippen molar-refractivity contribution in [2.45, 2.75) is 0 Å². The summed E-state index contributed by atoms with van der Waals surface area (Å²) in [5, 5.41) is 5.71. The molecule has 0 radical (unpaired) electrons. The molecule has 4 rings (SSSR count). The molecule has 31 heavy (non-hydrogen) atoms. The number of ether oxygens (including phenoxy) is 1. The first kappa shape index (κ1) is 20.9. The molecule has 2 aromatic rings. The minimum absolute atomic E-state index is 0.128. The summed E-state index contributed by atoms with van der Waals surface area (Å²) in [5.74, 6) is -1.03. The number of urea groups is 1. The van der Waals surface area contributed by atoms with Crippen molar-refractivity contribution in [2.75, 3.05) is 43.1 Å². The van der Waals surface area contributed by atoms with E-state index in [4.69, 9.17) is 16.3 Å². The summed E-state index contributed by atoms with van der Waals surface area (Å²) in [6, 6.07) is 13.6. The van der Waals surface area contributed by atoms with Gasteiger partial charge in [-0.05, 0) is 48.0 Å². The number of hydrogen-bond donors (Lipinski definition) is 2. The highest BCUT2D eigenvalue weighted by molar-refractivity contribution is 6.30. The van der Waals surface area contributed by atoms with Gasteiger partial charge in [-0.1, -0.05) is 23.7 Å². The zero-order chi connectivity index (χ0) is 21.8. The van der Waals surface area contributed by atoms with Crippen LogP contribution in [0.25, 0.3) is 6.08 Å². The van der Waals surface area contributed by atoms with Crippen LogP contribution in [0, 0.1) is 0 Å². The molecule has 0 bridgehead atoms. The van der Waals surface area contributed by atoms with Gasteiger partial charge in [-0.3, -0.25) is 9.59 Å². The number of anilines is 2. The van der Waals surface area contributed by atoms with Crippen molar-refractivity contribution in [1.82, 2.24) is 10.2 Å². The van der Waals surface area contributed by atoms with Gasteiger partial charge in [-0.15, -0.1) is 0 Å². The molecular weight excluding hydrogens is 420 g/mol. The van der Waals surface area contributed by atoms with E-state index >= 15 is 0 Å². The van der Waals surface area contributed by atoms with E-state index in [9.17, 15) is 14.4 Å². The van der Waals surface area contributed by atoms with Crippen molar-refractivity contribution < 1.29 is 19.1 Å². The van der Waals surface area contributed by atoms with Crippen LogP contribution in [-0.4, -0.2) is 55.6 Å². The summed E-state index contributed by atoms with van der Waals surface area (Å²) in [4.78, 5) is 40.2. The maximum Gasteiger partial charge on any atom is 0.329 e. The predicted molar refractivity (Wildman–Crippen MR) is 118 cm³/mol. The summed E-state index contributed by atoms with van der Waals surface area (Å²) >= 11 is 5.82. The van der Waals surface area contributed by atoms with Gasteiger partial charge in [-0.2, -0.15) is 0 Å². The van der Waals surface area contributed by atoms with Crippen molar-refractivity contribution in [3.63, 3.8) is 0 Å². The lowest BCUT2D eigenvalue weighted by Crippen LogP contribution is -2.38. The number of rotatable bonds is 5. The second-order valence-corrected chi connectivity index (χ2v) is 7.56. The van der Waals surface area contributed by atoms with Crippen molar-refractivity contribution >= 4 is 46.9 Å². The van der Waals surface area contributed by atoms with Crippen LogP contribution in [0.1, 0.15) is 5.56 Å². The minimum Gasteiger partial charge on any atom is -0.378 e.